The quantitative estimate of drug-likeness (QED) is 0.191. The molecule has 5 rings (SSSR count). The van der Waals surface area contributed by atoms with Crippen molar-refractivity contribution in [2.45, 2.75) is 58.0 Å². The van der Waals surface area contributed by atoms with Crippen LogP contribution < -0.4 is 16.0 Å². The number of nitrogens with zero attached hydrogens (tertiary/aromatic N) is 2. The number of nitrogens with one attached hydrogen (secondary N) is 3. The van der Waals surface area contributed by atoms with E-state index >= 15 is 0 Å². The second kappa shape index (κ2) is 13.6. The highest BCUT2D eigenvalue weighted by Crippen LogP contribution is 2.37. The Bertz CT molecular complexity index is 1570. The van der Waals surface area contributed by atoms with Crippen LogP contribution in [0.2, 0.25) is 0 Å². The third kappa shape index (κ3) is 7.26. The molecule has 230 valence electrons. The van der Waals surface area contributed by atoms with Crippen LogP contribution in [0.25, 0.3) is 5.69 Å². The molecule has 2 atom stereocenters. The van der Waals surface area contributed by atoms with Crippen molar-refractivity contribution < 1.29 is 14.3 Å². The molecule has 0 spiro atoms. The van der Waals surface area contributed by atoms with Crippen molar-refractivity contribution in [2.75, 3.05) is 30.8 Å². The zero-order valence-electron chi connectivity index (χ0n) is 26.3. The molecule has 4 aromatic rings. The fourth-order valence-electron chi connectivity index (χ4n) is 5.86. The first kappa shape index (κ1) is 31.2. The number of hydrogen-bond donors (Lipinski definition) is 3. The SMILES string of the molecule is CO[C@@H](C(=O)C(c1cccc(NC(=O)Nc2cc(C(C)(C)C)nn2-c2ccc(C)cc2)c1)C1CCNCC1)c1ccccc1. The van der Waals surface area contributed by atoms with Crippen LogP contribution in [-0.4, -0.2) is 41.8 Å². The average molecular weight is 594 g/mol. The van der Waals surface area contributed by atoms with Gasteiger partial charge >= 0.3 is 6.03 Å². The smallest absolute Gasteiger partial charge is 0.324 e. The van der Waals surface area contributed by atoms with Gasteiger partial charge in [-0.05, 0) is 74.2 Å². The van der Waals surface area contributed by atoms with E-state index < -0.39 is 6.10 Å². The summed E-state index contributed by atoms with van der Waals surface area (Å²) in [6.45, 7) is 10.0. The lowest BCUT2D eigenvalue weighted by Gasteiger charge is -2.32. The van der Waals surface area contributed by atoms with E-state index in [4.69, 9.17) is 9.84 Å². The van der Waals surface area contributed by atoms with Crippen LogP contribution in [0, 0.1) is 12.8 Å². The molecule has 1 fully saturated rings. The lowest BCUT2D eigenvalue weighted by atomic mass is 9.75. The fourth-order valence-corrected chi connectivity index (χ4v) is 5.86. The lowest BCUT2D eigenvalue weighted by Crippen LogP contribution is -2.35. The van der Waals surface area contributed by atoms with Gasteiger partial charge in [-0.25, -0.2) is 9.48 Å². The Morgan fingerprint density at radius 1 is 0.909 bits per heavy atom. The summed E-state index contributed by atoms with van der Waals surface area (Å²) >= 11 is 0. The largest absolute Gasteiger partial charge is 0.369 e. The van der Waals surface area contributed by atoms with E-state index in [0.29, 0.717) is 11.5 Å². The van der Waals surface area contributed by atoms with E-state index in [1.54, 1.807) is 11.8 Å². The number of ketones is 1. The summed E-state index contributed by atoms with van der Waals surface area (Å²) in [4.78, 5) is 27.5. The predicted molar refractivity (Wildman–Crippen MR) is 176 cm³/mol. The average Bonchev–Trinajstić information content (AvgIpc) is 3.44. The zero-order chi connectivity index (χ0) is 31.3. The van der Waals surface area contributed by atoms with Crippen molar-refractivity contribution >= 4 is 23.3 Å². The van der Waals surface area contributed by atoms with Crippen LogP contribution >= 0.6 is 0 Å². The molecule has 0 bridgehead atoms. The van der Waals surface area contributed by atoms with Gasteiger partial charge in [-0.15, -0.1) is 0 Å². The standard InChI is InChI=1S/C36H43N5O3/c1-24-14-16-29(17-15-24)41-31(23-30(40-41)36(2,3)4)39-35(43)38-28-13-9-12-27(22-28)32(25-18-20-37-21-19-25)33(42)34(44-5)26-10-7-6-8-11-26/h6-17,22-23,25,32,34,37H,18-21H2,1-5H3,(H2,38,39,43)/t32?,34-/m1/s1. The molecule has 44 heavy (non-hydrogen) atoms. The minimum absolute atomic E-state index is 0.0314. The summed E-state index contributed by atoms with van der Waals surface area (Å²) < 4.78 is 7.54. The summed E-state index contributed by atoms with van der Waals surface area (Å²) in [5.41, 5.74) is 4.99. The number of aryl methyl sites for hydroxylation is 1. The predicted octanol–water partition coefficient (Wildman–Crippen LogP) is 7.16. The zero-order valence-corrected chi connectivity index (χ0v) is 26.3. The highest BCUT2D eigenvalue weighted by Gasteiger charge is 2.36. The number of carbonyl (C=O) groups is 2. The number of amides is 2. The Hall–Kier alpha value is -4.27. The molecule has 1 aliphatic heterocycles. The highest BCUT2D eigenvalue weighted by atomic mass is 16.5. The van der Waals surface area contributed by atoms with Crippen molar-refractivity contribution in [1.29, 1.82) is 0 Å². The molecular formula is C36H43N5O3. The molecule has 1 aromatic heterocycles. The van der Waals surface area contributed by atoms with Crippen LogP contribution in [0.4, 0.5) is 16.3 Å². The van der Waals surface area contributed by atoms with Gasteiger partial charge in [-0.2, -0.15) is 5.10 Å². The Labute approximate surface area is 260 Å². The van der Waals surface area contributed by atoms with Gasteiger partial charge in [0.15, 0.2) is 5.78 Å². The van der Waals surface area contributed by atoms with Crippen LogP contribution in [0.1, 0.15) is 68.0 Å². The highest BCUT2D eigenvalue weighted by molar-refractivity contribution is 5.99. The number of carbonyl (C=O) groups excluding carboxylic acids is 2. The minimum Gasteiger partial charge on any atom is -0.369 e. The van der Waals surface area contributed by atoms with Gasteiger partial charge < -0.3 is 15.4 Å². The molecular weight excluding hydrogens is 550 g/mol. The first-order valence-corrected chi connectivity index (χ1v) is 15.3. The Kier molecular flexibility index (Phi) is 9.61. The second-order valence-corrected chi connectivity index (χ2v) is 12.6. The van der Waals surface area contributed by atoms with Crippen molar-refractivity contribution in [2.24, 2.45) is 5.92 Å². The maximum atomic E-state index is 14.2. The number of methoxy groups -OCH3 is 1. The molecule has 8 heteroatoms. The van der Waals surface area contributed by atoms with E-state index in [1.165, 1.54) is 0 Å². The van der Waals surface area contributed by atoms with Crippen molar-refractivity contribution in [3.05, 3.63) is 107 Å². The molecule has 0 aliphatic carbocycles. The summed E-state index contributed by atoms with van der Waals surface area (Å²) in [5, 5.41) is 14.2. The lowest BCUT2D eigenvalue weighted by molar-refractivity contribution is -0.132. The van der Waals surface area contributed by atoms with Gasteiger partial charge in [-0.1, -0.05) is 80.9 Å². The monoisotopic (exact) mass is 593 g/mol. The minimum atomic E-state index is -0.671. The number of benzene rings is 3. The van der Waals surface area contributed by atoms with Crippen LogP contribution in [0.15, 0.2) is 84.9 Å². The van der Waals surface area contributed by atoms with Crippen LogP contribution in [0.5, 0.6) is 0 Å². The normalized spacial score (nSPS) is 15.4. The second-order valence-electron chi connectivity index (χ2n) is 12.6. The van der Waals surface area contributed by atoms with E-state index in [0.717, 1.165) is 54.0 Å². The first-order valence-electron chi connectivity index (χ1n) is 15.3. The van der Waals surface area contributed by atoms with Gasteiger partial charge in [-0.3, -0.25) is 10.1 Å². The molecule has 3 aromatic carbocycles. The Morgan fingerprint density at radius 2 is 1.59 bits per heavy atom. The summed E-state index contributed by atoms with van der Waals surface area (Å²) in [7, 11) is 1.59. The van der Waals surface area contributed by atoms with Crippen molar-refractivity contribution in [3.8, 4) is 5.69 Å². The van der Waals surface area contributed by atoms with Gasteiger partial charge in [0, 0.05) is 30.2 Å². The molecule has 0 radical (unpaired) electrons. The summed E-state index contributed by atoms with van der Waals surface area (Å²) in [6, 6.07) is 26.8. The number of aromatic nitrogens is 2. The van der Waals surface area contributed by atoms with Gasteiger partial charge in [0.1, 0.15) is 11.9 Å². The number of hydrogen-bond acceptors (Lipinski definition) is 5. The van der Waals surface area contributed by atoms with Crippen molar-refractivity contribution in [1.82, 2.24) is 15.1 Å². The van der Waals surface area contributed by atoms with Crippen molar-refractivity contribution in [3.63, 3.8) is 0 Å². The van der Waals surface area contributed by atoms with E-state index in [9.17, 15) is 9.59 Å². The number of urea groups is 1. The molecule has 2 amide bonds. The molecule has 1 aliphatic rings. The molecule has 8 nitrogen and oxygen atoms in total. The molecule has 3 N–H and O–H groups in total. The van der Waals surface area contributed by atoms with Gasteiger partial charge in [0.05, 0.1) is 11.4 Å². The summed E-state index contributed by atoms with van der Waals surface area (Å²) in [6.07, 6.45) is 1.10. The number of Topliss-reactive ketones (excluding diaryl/α,β-unsaturated/α-hetero) is 1. The number of ether oxygens (including phenoxy) is 1. The molecule has 0 saturated carbocycles. The molecule has 2 heterocycles. The summed E-state index contributed by atoms with van der Waals surface area (Å²) in [5.74, 6) is 0.392. The third-order valence-corrected chi connectivity index (χ3v) is 8.26. The topological polar surface area (TPSA) is 97.3 Å². The third-order valence-electron chi connectivity index (χ3n) is 8.26. The number of rotatable bonds is 9. The van der Waals surface area contributed by atoms with E-state index in [-0.39, 0.29) is 29.1 Å². The van der Waals surface area contributed by atoms with Crippen LogP contribution in [0.3, 0.4) is 0 Å². The van der Waals surface area contributed by atoms with Gasteiger partial charge in [0.2, 0.25) is 0 Å². The molecule has 1 saturated heterocycles. The Morgan fingerprint density at radius 3 is 2.25 bits per heavy atom. The van der Waals surface area contributed by atoms with Crippen LogP contribution in [-0.2, 0) is 14.9 Å². The number of piperidine rings is 1. The Balaban J connectivity index is 1.40. The number of anilines is 2. The molecule has 1 unspecified atom stereocenters. The first-order chi connectivity index (χ1) is 21.1. The maximum Gasteiger partial charge on any atom is 0.324 e. The maximum absolute atomic E-state index is 14.2. The van der Waals surface area contributed by atoms with E-state index in [2.05, 4.69) is 36.7 Å². The van der Waals surface area contributed by atoms with Gasteiger partial charge in [0.25, 0.3) is 0 Å². The fraction of sp³-hybridized carbons (Fsp3) is 0.361. The van der Waals surface area contributed by atoms with E-state index in [1.807, 2.05) is 91.9 Å².